The second-order valence-electron chi connectivity index (χ2n) is 12.3. The van der Waals surface area contributed by atoms with E-state index in [-0.39, 0.29) is 0 Å². The first-order chi connectivity index (χ1) is 21.2. The molecule has 4 aromatic carbocycles. The zero-order chi connectivity index (χ0) is 31.4. The molecule has 5 heteroatoms. The lowest BCUT2D eigenvalue weighted by molar-refractivity contribution is 0.402. The van der Waals surface area contributed by atoms with Crippen LogP contribution in [0.4, 0.5) is 0 Å². The number of fused-ring (bicyclic) bond motifs is 8. The van der Waals surface area contributed by atoms with Gasteiger partial charge in [0.15, 0.2) is 0 Å². The maximum atomic E-state index is 11.7. The van der Waals surface area contributed by atoms with Crippen molar-refractivity contribution >= 4 is 0 Å². The van der Waals surface area contributed by atoms with Crippen molar-refractivity contribution in [1.82, 2.24) is 0 Å². The summed E-state index contributed by atoms with van der Waals surface area (Å²) in [5.41, 5.74) is 11.2. The van der Waals surface area contributed by atoms with Gasteiger partial charge in [-0.3, -0.25) is 0 Å². The molecule has 1 aliphatic rings. The van der Waals surface area contributed by atoms with E-state index in [1.54, 1.807) is 21.3 Å². The SMILES string of the molecule is CCCCCCc1c2cc(C)cc1Cc1cc(OC)cc(c1O)Cc1cc(C)cc(c1OC)Cc1cc(OC)cc(c1O)C2. The predicted octanol–water partition coefficient (Wildman–Crippen LogP) is 8.54. The molecule has 0 aromatic heterocycles. The molecule has 0 fully saturated rings. The summed E-state index contributed by atoms with van der Waals surface area (Å²) in [6.07, 6.45) is 7.72. The first-order valence-corrected chi connectivity index (χ1v) is 15.8. The van der Waals surface area contributed by atoms with E-state index < -0.39 is 0 Å². The molecule has 0 unspecified atom stereocenters. The summed E-state index contributed by atoms with van der Waals surface area (Å²) in [6.45, 7) is 6.42. The predicted molar refractivity (Wildman–Crippen MR) is 177 cm³/mol. The number of benzene rings is 4. The number of hydrogen-bond acceptors (Lipinski definition) is 5. The van der Waals surface area contributed by atoms with E-state index in [0.29, 0.717) is 37.2 Å². The smallest absolute Gasteiger partial charge is 0.125 e. The fourth-order valence-corrected chi connectivity index (χ4v) is 6.84. The Morgan fingerprint density at radius 1 is 0.523 bits per heavy atom. The van der Waals surface area contributed by atoms with Crippen LogP contribution in [0.25, 0.3) is 0 Å². The summed E-state index contributed by atoms with van der Waals surface area (Å²) < 4.78 is 17.5. The quantitative estimate of drug-likeness (QED) is 0.176. The number of unbranched alkanes of at least 4 members (excludes halogenated alkanes) is 3. The van der Waals surface area contributed by atoms with Gasteiger partial charge in [0, 0.05) is 47.9 Å². The van der Waals surface area contributed by atoms with Gasteiger partial charge in [0.2, 0.25) is 0 Å². The van der Waals surface area contributed by atoms with Gasteiger partial charge in [-0.2, -0.15) is 0 Å². The van der Waals surface area contributed by atoms with Gasteiger partial charge in [-0.1, -0.05) is 61.6 Å². The lowest BCUT2D eigenvalue weighted by Crippen LogP contribution is -2.07. The van der Waals surface area contributed by atoms with Crippen LogP contribution in [0, 0.1) is 13.8 Å². The van der Waals surface area contributed by atoms with Crippen molar-refractivity contribution in [3.8, 4) is 28.7 Å². The topological polar surface area (TPSA) is 68.2 Å². The second kappa shape index (κ2) is 13.7. The van der Waals surface area contributed by atoms with Crippen molar-refractivity contribution in [1.29, 1.82) is 0 Å². The number of ether oxygens (including phenoxy) is 3. The highest BCUT2D eigenvalue weighted by Crippen LogP contribution is 2.40. The molecule has 8 bridgehead atoms. The molecular weight excluding hydrogens is 548 g/mol. The number of aromatic hydroxyl groups is 2. The molecule has 2 N–H and O–H groups in total. The summed E-state index contributed by atoms with van der Waals surface area (Å²) in [5.74, 6) is 2.81. The molecular formula is C39H46O5. The number of phenolic OH excluding ortho intramolecular Hbond substituents is 2. The summed E-state index contributed by atoms with van der Waals surface area (Å²) in [7, 11) is 5.03. The highest BCUT2D eigenvalue weighted by molar-refractivity contribution is 5.57. The van der Waals surface area contributed by atoms with E-state index in [1.807, 2.05) is 24.3 Å². The minimum absolute atomic E-state index is 0.301. The van der Waals surface area contributed by atoms with E-state index in [4.69, 9.17) is 14.2 Å². The van der Waals surface area contributed by atoms with Crippen LogP contribution in [-0.4, -0.2) is 31.5 Å². The Morgan fingerprint density at radius 2 is 0.932 bits per heavy atom. The Morgan fingerprint density at radius 3 is 1.32 bits per heavy atom. The average molecular weight is 595 g/mol. The zero-order valence-corrected chi connectivity index (χ0v) is 27.1. The Balaban J connectivity index is 1.78. The van der Waals surface area contributed by atoms with Gasteiger partial charge in [0.1, 0.15) is 28.7 Å². The van der Waals surface area contributed by atoms with Crippen molar-refractivity contribution in [2.24, 2.45) is 0 Å². The molecule has 0 saturated carbocycles. The third-order valence-corrected chi connectivity index (χ3v) is 8.93. The molecule has 0 atom stereocenters. The molecule has 5 nitrogen and oxygen atoms in total. The summed E-state index contributed by atoms with van der Waals surface area (Å²) in [4.78, 5) is 0. The van der Waals surface area contributed by atoms with Crippen LogP contribution in [-0.2, 0) is 32.1 Å². The van der Waals surface area contributed by atoms with Gasteiger partial charge in [0.05, 0.1) is 21.3 Å². The molecule has 1 aliphatic carbocycles. The molecule has 0 radical (unpaired) electrons. The number of methoxy groups -OCH3 is 3. The minimum atomic E-state index is 0.301. The third kappa shape index (κ3) is 6.67. The highest BCUT2D eigenvalue weighted by atomic mass is 16.5. The van der Waals surface area contributed by atoms with Crippen LogP contribution in [0.3, 0.4) is 0 Å². The van der Waals surface area contributed by atoms with Gasteiger partial charge in [-0.15, -0.1) is 0 Å². The van der Waals surface area contributed by atoms with Crippen LogP contribution in [0.15, 0.2) is 48.5 Å². The normalized spacial score (nSPS) is 12.6. The standard InChI is InChI=1S/C39H46O5/c1-7-8-9-10-11-36-26-12-24(2)13-27(36)17-29-21-35(43-5)23-31(38(29)41)19-33-15-25(3)14-32(39(33)44-6)18-30-22-34(42-4)20-28(16-26)37(30)40/h12-15,20-23,40-41H,7-11,16-19H2,1-6H3. The van der Waals surface area contributed by atoms with Gasteiger partial charge in [0.25, 0.3) is 0 Å². The van der Waals surface area contributed by atoms with Crippen molar-refractivity contribution < 1.29 is 24.4 Å². The fourth-order valence-electron chi connectivity index (χ4n) is 6.84. The summed E-state index contributed by atoms with van der Waals surface area (Å²) in [5, 5.41) is 23.5. The molecule has 4 aromatic rings. The first kappa shape index (κ1) is 31.3. The number of hydrogen-bond donors (Lipinski definition) is 2. The van der Waals surface area contributed by atoms with Crippen molar-refractivity contribution in [2.45, 2.75) is 78.6 Å². The number of rotatable bonds is 8. The lowest BCUT2D eigenvalue weighted by Gasteiger charge is -2.22. The largest absolute Gasteiger partial charge is 0.507 e. The molecule has 0 saturated heterocycles. The summed E-state index contributed by atoms with van der Waals surface area (Å²) in [6, 6.07) is 16.5. The molecule has 0 aliphatic heterocycles. The molecule has 0 spiro atoms. The van der Waals surface area contributed by atoms with Gasteiger partial charge in [-0.25, -0.2) is 0 Å². The monoisotopic (exact) mass is 594 g/mol. The second-order valence-corrected chi connectivity index (χ2v) is 12.3. The van der Waals surface area contributed by atoms with Crippen LogP contribution < -0.4 is 14.2 Å². The first-order valence-electron chi connectivity index (χ1n) is 15.8. The number of aryl methyl sites for hydroxylation is 2. The third-order valence-electron chi connectivity index (χ3n) is 8.93. The fraction of sp³-hybridized carbons (Fsp3) is 0.385. The maximum absolute atomic E-state index is 11.7. The molecule has 44 heavy (non-hydrogen) atoms. The van der Waals surface area contributed by atoms with Crippen molar-refractivity contribution in [3.63, 3.8) is 0 Å². The van der Waals surface area contributed by atoms with Gasteiger partial charge < -0.3 is 24.4 Å². The van der Waals surface area contributed by atoms with E-state index in [9.17, 15) is 10.2 Å². The number of phenols is 2. The Hall–Kier alpha value is -4.12. The van der Waals surface area contributed by atoms with Crippen LogP contribution in [0.2, 0.25) is 0 Å². The van der Waals surface area contributed by atoms with E-state index in [2.05, 4.69) is 45.0 Å². The van der Waals surface area contributed by atoms with Crippen LogP contribution >= 0.6 is 0 Å². The maximum Gasteiger partial charge on any atom is 0.125 e. The van der Waals surface area contributed by atoms with E-state index in [0.717, 1.165) is 74.6 Å². The Kier molecular flexibility index (Phi) is 9.73. The van der Waals surface area contributed by atoms with Gasteiger partial charge >= 0.3 is 0 Å². The highest BCUT2D eigenvalue weighted by Gasteiger charge is 2.22. The van der Waals surface area contributed by atoms with Crippen LogP contribution in [0.1, 0.15) is 93.8 Å². The van der Waals surface area contributed by atoms with Crippen molar-refractivity contribution in [3.05, 3.63) is 110 Å². The Labute approximate surface area is 262 Å². The molecule has 0 heterocycles. The minimum Gasteiger partial charge on any atom is -0.507 e. The Bertz CT molecular complexity index is 1540. The van der Waals surface area contributed by atoms with Crippen molar-refractivity contribution in [2.75, 3.05) is 21.3 Å². The molecule has 5 rings (SSSR count). The lowest BCUT2D eigenvalue weighted by atomic mass is 9.86. The summed E-state index contributed by atoms with van der Waals surface area (Å²) >= 11 is 0. The zero-order valence-electron chi connectivity index (χ0n) is 27.1. The average Bonchev–Trinajstić information content (AvgIpc) is 2.99. The molecule has 232 valence electrons. The van der Waals surface area contributed by atoms with E-state index in [1.165, 1.54) is 36.0 Å². The van der Waals surface area contributed by atoms with Gasteiger partial charge in [-0.05, 0) is 78.8 Å². The van der Waals surface area contributed by atoms with E-state index >= 15 is 0 Å². The van der Waals surface area contributed by atoms with Crippen LogP contribution in [0.5, 0.6) is 28.7 Å². The molecule has 0 amide bonds.